The van der Waals surface area contributed by atoms with Gasteiger partial charge in [0.15, 0.2) is 0 Å². The molecule has 14 heavy (non-hydrogen) atoms. The highest BCUT2D eigenvalue weighted by Crippen LogP contribution is 2.17. The first kappa shape index (κ1) is 9.61. The van der Waals surface area contributed by atoms with Gasteiger partial charge in [0.2, 0.25) is 0 Å². The number of nitrogens with two attached hydrogens (primary N) is 1. The van der Waals surface area contributed by atoms with Gasteiger partial charge in [0.1, 0.15) is 0 Å². The maximum atomic E-state index is 5.89. The van der Waals surface area contributed by atoms with Gasteiger partial charge in [-0.1, -0.05) is 0 Å². The Balaban J connectivity index is 1.98. The lowest BCUT2D eigenvalue weighted by Gasteiger charge is -2.18. The van der Waals surface area contributed by atoms with Crippen molar-refractivity contribution in [1.29, 1.82) is 0 Å². The second kappa shape index (κ2) is 3.67. The predicted molar refractivity (Wildman–Crippen MR) is 53.5 cm³/mol. The van der Waals surface area contributed by atoms with Crippen molar-refractivity contribution in [1.82, 2.24) is 19.9 Å². The maximum Gasteiger partial charge on any atom is 0.0967 e. The predicted octanol–water partition coefficient (Wildman–Crippen LogP) is -0.263. The van der Waals surface area contributed by atoms with Crippen molar-refractivity contribution < 1.29 is 0 Å². The molecule has 5 nitrogen and oxygen atoms in total. The normalized spacial score (nSPS) is 28.5. The summed E-state index contributed by atoms with van der Waals surface area (Å²) in [5, 5.41) is 8.31. The molecule has 0 bridgehead atoms. The van der Waals surface area contributed by atoms with Gasteiger partial charge >= 0.3 is 0 Å². The molecule has 1 aromatic rings. The lowest BCUT2D eigenvalue weighted by Crippen LogP contribution is -2.29. The van der Waals surface area contributed by atoms with Crippen LogP contribution in [0.1, 0.15) is 19.0 Å². The van der Waals surface area contributed by atoms with Crippen molar-refractivity contribution in [2.75, 3.05) is 6.54 Å². The largest absolute Gasteiger partial charge is 0.326 e. The van der Waals surface area contributed by atoms with E-state index in [1.54, 1.807) is 4.80 Å². The molecule has 1 aromatic heterocycles. The Morgan fingerprint density at radius 2 is 2.43 bits per heavy atom. The summed E-state index contributed by atoms with van der Waals surface area (Å²) in [4.78, 5) is 3.95. The van der Waals surface area contributed by atoms with Gasteiger partial charge in [-0.05, 0) is 13.3 Å². The molecule has 5 heteroatoms. The molecule has 1 saturated heterocycles. The molecule has 1 aliphatic heterocycles. The van der Waals surface area contributed by atoms with Crippen LogP contribution in [0.15, 0.2) is 6.20 Å². The second-order valence-corrected chi connectivity index (χ2v) is 4.10. The summed E-state index contributed by atoms with van der Waals surface area (Å²) < 4.78 is 0. The number of rotatable bonds is 2. The quantitative estimate of drug-likeness (QED) is 0.706. The average Bonchev–Trinajstić information content (AvgIpc) is 2.61. The Morgan fingerprint density at radius 1 is 1.64 bits per heavy atom. The molecule has 1 fully saturated rings. The highest BCUT2D eigenvalue weighted by molar-refractivity contribution is 4.95. The fourth-order valence-electron chi connectivity index (χ4n) is 2.03. The van der Waals surface area contributed by atoms with E-state index in [0.717, 1.165) is 25.2 Å². The molecule has 2 rings (SSSR count). The van der Waals surface area contributed by atoms with Crippen molar-refractivity contribution in [3.63, 3.8) is 0 Å². The van der Waals surface area contributed by atoms with Crippen LogP contribution in [-0.4, -0.2) is 38.5 Å². The molecular weight excluding hydrogens is 178 g/mol. The molecule has 0 saturated carbocycles. The average molecular weight is 195 g/mol. The Labute approximate surface area is 83.9 Å². The Hall–Kier alpha value is -0.940. The van der Waals surface area contributed by atoms with Crippen LogP contribution in [0, 0.1) is 0 Å². The lowest BCUT2D eigenvalue weighted by molar-refractivity contribution is 0.255. The van der Waals surface area contributed by atoms with Gasteiger partial charge in [0.05, 0.1) is 11.9 Å². The van der Waals surface area contributed by atoms with Gasteiger partial charge in [-0.15, -0.1) is 0 Å². The first-order chi connectivity index (χ1) is 6.65. The SMILES string of the molecule is CC1CC(N)CN1Cc1cnn(C)n1. The van der Waals surface area contributed by atoms with Gasteiger partial charge < -0.3 is 5.73 Å². The van der Waals surface area contributed by atoms with Gasteiger partial charge in [-0.3, -0.25) is 4.90 Å². The maximum absolute atomic E-state index is 5.89. The van der Waals surface area contributed by atoms with Gasteiger partial charge in [-0.2, -0.15) is 15.0 Å². The standard InChI is InChI=1S/C9H17N5/c1-7-3-8(10)5-14(7)6-9-4-11-13(2)12-9/h4,7-8H,3,5-6,10H2,1-2H3. The van der Waals surface area contributed by atoms with Crippen LogP contribution in [-0.2, 0) is 13.6 Å². The van der Waals surface area contributed by atoms with Crippen molar-refractivity contribution in [2.24, 2.45) is 12.8 Å². The molecule has 0 radical (unpaired) electrons. The molecule has 2 atom stereocenters. The summed E-state index contributed by atoms with van der Waals surface area (Å²) >= 11 is 0. The van der Waals surface area contributed by atoms with E-state index >= 15 is 0 Å². The third kappa shape index (κ3) is 1.93. The van der Waals surface area contributed by atoms with Crippen LogP contribution in [0.4, 0.5) is 0 Å². The van der Waals surface area contributed by atoms with E-state index < -0.39 is 0 Å². The summed E-state index contributed by atoms with van der Waals surface area (Å²) in [6.07, 6.45) is 2.90. The highest BCUT2D eigenvalue weighted by Gasteiger charge is 2.26. The lowest BCUT2D eigenvalue weighted by atomic mass is 10.2. The third-order valence-electron chi connectivity index (χ3n) is 2.75. The summed E-state index contributed by atoms with van der Waals surface area (Å²) in [6.45, 7) is 4.05. The molecule has 2 heterocycles. The van der Waals surface area contributed by atoms with Crippen LogP contribution in [0.5, 0.6) is 0 Å². The van der Waals surface area contributed by atoms with E-state index in [1.807, 2.05) is 13.2 Å². The van der Waals surface area contributed by atoms with Gasteiger partial charge in [0.25, 0.3) is 0 Å². The van der Waals surface area contributed by atoms with Crippen LogP contribution < -0.4 is 5.73 Å². The molecule has 0 amide bonds. The smallest absolute Gasteiger partial charge is 0.0967 e. The minimum absolute atomic E-state index is 0.321. The van der Waals surface area contributed by atoms with Crippen molar-refractivity contribution in [3.8, 4) is 0 Å². The zero-order valence-corrected chi connectivity index (χ0v) is 8.72. The van der Waals surface area contributed by atoms with E-state index in [-0.39, 0.29) is 0 Å². The molecule has 78 valence electrons. The number of hydrogen-bond donors (Lipinski definition) is 1. The first-order valence-corrected chi connectivity index (χ1v) is 5.00. The summed E-state index contributed by atoms with van der Waals surface area (Å²) in [5.74, 6) is 0. The molecular formula is C9H17N5. The summed E-state index contributed by atoms with van der Waals surface area (Å²) in [6, 6.07) is 0.883. The van der Waals surface area contributed by atoms with Crippen LogP contribution in [0.2, 0.25) is 0 Å². The van der Waals surface area contributed by atoms with Crippen LogP contribution in [0.25, 0.3) is 0 Å². The Morgan fingerprint density at radius 3 is 2.93 bits per heavy atom. The third-order valence-corrected chi connectivity index (χ3v) is 2.75. The number of hydrogen-bond acceptors (Lipinski definition) is 4. The van der Waals surface area contributed by atoms with E-state index in [9.17, 15) is 0 Å². The minimum atomic E-state index is 0.321. The number of likely N-dealkylation sites (tertiary alicyclic amines) is 1. The van der Waals surface area contributed by atoms with E-state index in [0.29, 0.717) is 12.1 Å². The van der Waals surface area contributed by atoms with Crippen LogP contribution in [0.3, 0.4) is 0 Å². The van der Waals surface area contributed by atoms with Crippen molar-refractivity contribution in [3.05, 3.63) is 11.9 Å². The highest BCUT2D eigenvalue weighted by atomic mass is 15.5. The summed E-state index contributed by atoms with van der Waals surface area (Å²) in [5.41, 5.74) is 6.91. The number of aryl methyl sites for hydroxylation is 1. The molecule has 0 aromatic carbocycles. The second-order valence-electron chi connectivity index (χ2n) is 4.10. The van der Waals surface area contributed by atoms with E-state index in [4.69, 9.17) is 5.73 Å². The van der Waals surface area contributed by atoms with Crippen molar-refractivity contribution >= 4 is 0 Å². The number of aromatic nitrogens is 3. The summed E-state index contributed by atoms with van der Waals surface area (Å²) in [7, 11) is 1.84. The first-order valence-electron chi connectivity index (χ1n) is 5.00. The fraction of sp³-hybridized carbons (Fsp3) is 0.778. The van der Waals surface area contributed by atoms with Crippen molar-refractivity contribution in [2.45, 2.75) is 32.0 Å². The monoisotopic (exact) mass is 195 g/mol. The molecule has 2 unspecified atom stereocenters. The van der Waals surface area contributed by atoms with Crippen LogP contribution >= 0.6 is 0 Å². The zero-order chi connectivity index (χ0) is 10.1. The van der Waals surface area contributed by atoms with Gasteiger partial charge in [0, 0.05) is 32.2 Å². The van der Waals surface area contributed by atoms with E-state index in [1.165, 1.54) is 0 Å². The van der Waals surface area contributed by atoms with Gasteiger partial charge in [-0.25, -0.2) is 0 Å². The number of nitrogens with zero attached hydrogens (tertiary/aromatic N) is 4. The molecule has 0 aliphatic carbocycles. The van der Waals surface area contributed by atoms with E-state index in [2.05, 4.69) is 22.0 Å². The zero-order valence-electron chi connectivity index (χ0n) is 8.72. The topological polar surface area (TPSA) is 60.0 Å². The fourth-order valence-corrected chi connectivity index (χ4v) is 2.03. The molecule has 0 spiro atoms. The Bertz CT molecular complexity index is 308. The molecule has 1 aliphatic rings. The Kier molecular flexibility index (Phi) is 2.52. The minimum Gasteiger partial charge on any atom is -0.326 e. The molecule has 2 N–H and O–H groups in total.